The minimum absolute atomic E-state index is 1.13. The van der Waals surface area contributed by atoms with Crippen molar-refractivity contribution in [3.05, 3.63) is 120 Å². The van der Waals surface area contributed by atoms with Crippen molar-refractivity contribution >= 4 is 17.4 Å². The Morgan fingerprint density at radius 2 is 1.40 bits per heavy atom. The first-order valence-electron chi connectivity index (χ1n) is 8.28. The summed E-state index contributed by atoms with van der Waals surface area (Å²) in [5, 5.41) is 0. The molecule has 0 N–H and O–H groups in total. The minimum Gasteiger partial charge on any atom is -0.345 e. The topological polar surface area (TPSA) is 3.24 Å². The van der Waals surface area contributed by atoms with Crippen molar-refractivity contribution in [1.29, 1.82) is 0 Å². The SMILES string of the molecule is CN1C2=C\C=C/C=C\C=C/C=C(/C=C\2)Sc2cccccccc1c2. The highest BCUT2D eigenvalue weighted by molar-refractivity contribution is 8.03. The van der Waals surface area contributed by atoms with E-state index in [2.05, 4.69) is 84.8 Å². The van der Waals surface area contributed by atoms with Crippen molar-refractivity contribution in [2.45, 2.75) is 4.90 Å². The van der Waals surface area contributed by atoms with Gasteiger partial charge >= 0.3 is 0 Å². The highest BCUT2D eigenvalue weighted by Crippen LogP contribution is 2.32. The molecule has 0 fully saturated rings. The molecule has 0 saturated heterocycles. The smallest absolute Gasteiger partial charge is 0.0419 e. The minimum atomic E-state index is 1.13. The molecule has 1 aromatic carbocycles. The molecule has 0 amide bonds. The van der Waals surface area contributed by atoms with Gasteiger partial charge in [0.05, 0.1) is 0 Å². The van der Waals surface area contributed by atoms with E-state index in [1.807, 2.05) is 36.4 Å². The molecule has 1 aromatic rings. The van der Waals surface area contributed by atoms with Crippen LogP contribution in [0.15, 0.2) is 125 Å². The Labute approximate surface area is 154 Å². The normalized spacial score (nSPS) is 25.1. The molecule has 0 radical (unpaired) electrons. The Hall–Kier alpha value is -2.71. The quantitative estimate of drug-likeness (QED) is 0.539. The summed E-state index contributed by atoms with van der Waals surface area (Å²) in [6, 6.07) is 16.8. The predicted octanol–water partition coefficient (Wildman–Crippen LogP) is 6.36. The van der Waals surface area contributed by atoms with Crippen molar-refractivity contribution in [1.82, 2.24) is 0 Å². The summed E-state index contributed by atoms with van der Waals surface area (Å²) >= 11 is 1.77. The standard InChI is InChI=1S/C23H21NS/c1-24-20-13-9-5-2-3-7-11-15-22(18-17-20)25-23-16-12-8-4-6-10-14-21(24)19-23/h2-19H,1H3/b3-2-,5-2?,6-4?,7-3?,8-4?,9-5-,10-6?,11-7-,12-8?,13-9?,14-10?,15-11?,16-12?,18-17-,20-13-,20-17?,21-14?,21-19?,22-15-,22-18?,23-16?,23-19?. The van der Waals surface area contributed by atoms with Gasteiger partial charge in [-0.25, -0.2) is 0 Å². The van der Waals surface area contributed by atoms with Crippen LogP contribution in [0.5, 0.6) is 0 Å². The first-order valence-corrected chi connectivity index (χ1v) is 9.10. The lowest BCUT2D eigenvalue weighted by Crippen LogP contribution is -2.14. The predicted molar refractivity (Wildman–Crippen MR) is 111 cm³/mol. The van der Waals surface area contributed by atoms with E-state index in [0.717, 1.165) is 11.4 Å². The van der Waals surface area contributed by atoms with Crippen LogP contribution in [0.25, 0.3) is 0 Å². The fourth-order valence-corrected chi connectivity index (χ4v) is 3.31. The van der Waals surface area contributed by atoms with E-state index in [0.29, 0.717) is 0 Å². The molecule has 0 unspecified atom stereocenters. The van der Waals surface area contributed by atoms with Crippen LogP contribution >= 0.6 is 11.8 Å². The molecule has 0 atom stereocenters. The molecule has 1 nitrogen and oxygen atoms in total. The van der Waals surface area contributed by atoms with Gasteiger partial charge in [-0.05, 0) is 42.5 Å². The Kier molecular flexibility index (Phi) is 6.13. The number of likely N-dealkylation sites (N-methyl/N-ethyl adjacent to an activating group) is 1. The first-order chi connectivity index (χ1) is 12.3. The van der Waals surface area contributed by atoms with Gasteiger partial charge < -0.3 is 4.90 Å². The average molecular weight is 343 g/mol. The Morgan fingerprint density at radius 1 is 0.720 bits per heavy atom. The van der Waals surface area contributed by atoms with E-state index >= 15 is 0 Å². The van der Waals surface area contributed by atoms with E-state index in [1.165, 1.54) is 9.80 Å². The highest BCUT2D eigenvalue weighted by atomic mass is 32.2. The second-order valence-corrected chi connectivity index (χ2v) is 6.72. The first kappa shape index (κ1) is 17.1. The molecule has 2 heteroatoms. The number of nitrogens with zero attached hydrogens (tertiary/aromatic N) is 1. The van der Waals surface area contributed by atoms with Crippen LogP contribution in [-0.2, 0) is 0 Å². The third-order valence-corrected chi connectivity index (χ3v) is 4.77. The van der Waals surface area contributed by atoms with Crippen LogP contribution in [0.3, 0.4) is 0 Å². The zero-order chi connectivity index (χ0) is 17.3. The molecule has 124 valence electrons. The number of anilines is 1. The van der Waals surface area contributed by atoms with Crippen molar-refractivity contribution in [3.8, 4) is 0 Å². The van der Waals surface area contributed by atoms with Crippen LogP contribution in [0, 0.1) is 0 Å². The number of hydrogen-bond donors (Lipinski definition) is 0. The van der Waals surface area contributed by atoms with Gasteiger partial charge in [0.2, 0.25) is 0 Å². The van der Waals surface area contributed by atoms with Gasteiger partial charge in [-0.1, -0.05) is 78.5 Å². The van der Waals surface area contributed by atoms with Crippen LogP contribution < -0.4 is 4.90 Å². The van der Waals surface area contributed by atoms with Crippen LogP contribution in [0.2, 0.25) is 0 Å². The summed E-state index contributed by atoms with van der Waals surface area (Å²) in [6.45, 7) is 0. The summed E-state index contributed by atoms with van der Waals surface area (Å²) in [5.74, 6) is 0. The van der Waals surface area contributed by atoms with Gasteiger partial charge in [-0.2, -0.15) is 0 Å². The monoisotopic (exact) mass is 343 g/mol. The fourth-order valence-electron chi connectivity index (χ4n) is 2.43. The number of thioether (sulfide) groups is 1. The molecule has 25 heavy (non-hydrogen) atoms. The van der Waals surface area contributed by atoms with E-state index < -0.39 is 0 Å². The zero-order valence-corrected chi connectivity index (χ0v) is 15.1. The second kappa shape index (κ2) is 8.95. The third-order valence-electron chi connectivity index (χ3n) is 3.77. The lowest BCUT2D eigenvalue weighted by atomic mass is 10.2. The fraction of sp³-hybridized carbons (Fsp3) is 0.0435. The Balaban J connectivity index is 2.23. The number of hydrogen-bond acceptors (Lipinski definition) is 2. The van der Waals surface area contributed by atoms with Crippen LogP contribution in [-0.4, -0.2) is 7.05 Å². The van der Waals surface area contributed by atoms with E-state index in [9.17, 15) is 0 Å². The maximum Gasteiger partial charge on any atom is 0.0419 e. The van der Waals surface area contributed by atoms with Crippen LogP contribution in [0.1, 0.15) is 0 Å². The molecule has 0 spiro atoms. The van der Waals surface area contributed by atoms with Crippen LogP contribution in [0.4, 0.5) is 5.69 Å². The maximum absolute atomic E-state index is 2.23. The number of allylic oxidation sites excluding steroid dienone is 10. The van der Waals surface area contributed by atoms with Gasteiger partial charge in [0, 0.05) is 28.2 Å². The van der Waals surface area contributed by atoms with Gasteiger partial charge in [0.15, 0.2) is 0 Å². The molecule has 2 aliphatic rings. The van der Waals surface area contributed by atoms with Gasteiger partial charge in [-0.3, -0.25) is 0 Å². The van der Waals surface area contributed by atoms with Crippen molar-refractivity contribution in [2.75, 3.05) is 11.9 Å². The lowest BCUT2D eigenvalue weighted by molar-refractivity contribution is 1.13. The molecule has 0 saturated carbocycles. The summed E-state index contributed by atoms with van der Waals surface area (Å²) in [6.07, 6.45) is 20.9. The molecule has 3 rings (SSSR count). The average Bonchev–Trinajstić information content (AvgIpc) is 2.66. The largest absolute Gasteiger partial charge is 0.345 e. The molecule has 1 aliphatic heterocycles. The molecule has 1 heterocycles. The Morgan fingerprint density at radius 3 is 2.24 bits per heavy atom. The maximum atomic E-state index is 2.23. The van der Waals surface area contributed by atoms with Crippen molar-refractivity contribution in [2.24, 2.45) is 0 Å². The van der Waals surface area contributed by atoms with E-state index in [4.69, 9.17) is 0 Å². The molecule has 0 aromatic heterocycles. The highest BCUT2D eigenvalue weighted by Gasteiger charge is 2.07. The molecule has 1 aliphatic carbocycles. The molecular weight excluding hydrogens is 322 g/mol. The summed E-state index contributed by atoms with van der Waals surface area (Å²) < 4.78 is 0. The van der Waals surface area contributed by atoms with E-state index in [1.54, 1.807) is 11.8 Å². The Bertz CT molecular complexity index is 852. The third kappa shape index (κ3) is 5.13. The van der Waals surface area contributed by atoms with Gasteiger partial charge in [-0.15, -0.1) is 0 Å². The lowest BCUT2D eigenvalue weighted by Gasteiger charge is -2.19. The summed E-state index contributed by atoms with van der Waals surface area (Å²) in [4.78, 5) is 4.60. The van der Waals surface area contributed by atoms with Crippen molar-refractivity contribution in [3.63, 3.8) is 0 Å². The van der Waals surface area contributed by atoms with E-state index in [-0.39, 0.29) is 0 Å². The van der Waals surface area contributed by atoms with Gasteiger partial charge in [0.1, 0.15) is 0 Å². The molecule has 4 bridgehead atoms. The van der Waals surface area contributed by atoms with Crippen molar-refractivity contribution < 1.29 is 0 Å². The summed E-state index contributed by atoms with van der Waals surface area (Å²) in [7, 11) is 2.10. The number of fused-ring (bicyclic) bond motifs is 4. The molecular formula is C23H21NS. The number of rotatable bonds is 0. The van der Waals surface area contributed by atoms with Gasteiger partial charge in [0.25, 0.3) is 0 Å². The second-order valence-electron chi connectivity index (χ2n) is 5.58. The summed E-state index contributed by atoms with van der Waals surface area (Å²) in [5.41, 5.74) is 2.28. The zero-order valence-electron chi connectivity index (χ0n) is 14.2.